The highest BCUT2D eigenvalue weighted by Crippen LogP contribution is 2.63. The zero-order valence-corrected chi connectivity index (χ0v) is 35.0. The van der Waals surface area contributed by atoms with Gasteiger partial charge >= 0.3 is 0 Å². The summed E-state index contributed by atoms with van der Waals surface area (Å²) >= 11 is 0. The maximum atomic E-state index is 2.55. The molecule has 0 radical (unpaired) electrons. The van der Waals surface area contributed by atoms with Crippen molar-refractivity contribution < 1.29 is 0 Å². The molecular weight excluding hydrogens is 773 g/mol. The molecule has 0 fully saturated rings. The third kappa shape index (κ3) is 4.39. The summed E-state index contributed by atoms with van der Waals surface area (Å²) in [4.78, 5) is 2.52. The van der Waals surface area contributed by atoms with Crippen molar-refractivity contribution in [3.8, 4) is 27.9 Å². The molecule has 0 saturated carbocycles. The molecular formula is C62H40N2. The van der Waals surface area contributed by atoms with Gasteiger partial charge in [0.15, 0.2) is 0 Å². The molecule has 298 valence electrons. The molecule has 1 aliphatic heterocycles. The second-order valence-electron chi connectivity index (χ2n) is 17.5. The van der Waals surface area contributed by atoms with Crippen LogP contribution in [0.15, 0.2) is 243 Å². The highest BCUT2D eigenvalue weighted by molar-refractivity contribution is 6.13. The summed E-state index contributed by atoms with van der Waals surface area (Å²) in [5.41, 5.74) is 21.5. The van der Waals surface area contributed by atoms with Crippen molar-refractivity contribution >= 4 is 38.9 Å². The molecule has 1 spiro atoms. The maximum Gasteiger partial charge on any atom is 0.0755 e. The van der Waals surface area contributed by atoms with Crippen LogP contribution < -0.4 is 4.90 Å². The summed E-state index contributed by atoms with van der Waals surface area (Å²) < 4.78 is 2.55. The number of aromatic nitrogens is 1. The van der Waals surface area contributed by atoms with Gasteiger partial charge in [-0.25, -0.2) is 0 Å². The molecule has 0 N–H and O–H groups in total. The fourth-order valence-electron chi connectivity index (χ4n) is 12.4. The molecule has 0 amide bonds. The number of hydrogen-bond donors (Lipinski definition) is 0. The van der Waals surface area contributed by atoms with Crippen molar-refractivity contribution in [1.82, 2.24) is 4.57 Å². The minimum atomic E-state index is -0.564. The first-order valence-corrected chi connectivity index (χ1v) is 22.4. The van der Waals surface area contributed by atoms with E-state index in [1.165, 1.54) is 94.3 Å². The molecule has 2 heteroatoms. The number of nitrogens with zero attached hydrogens (tertiary/aromatic N) is 2. The van der Waals surface area contributed by atoms with Crippen LogP contribution in [0.4, 0.5) is 17.1 Å². The van der Waals surface area contributed by atoms with Crippen LogP contribution in [0.5, 0.6) is 0 Å². The van der Waals surface area contributed by atoms with Crippen LogP contribution in [-0.2, 0) is 10.8 Å². The summed E-state index contributed by atoms with van der Waals surface area (Å²) in [6.07, 6.45) is 0. The Balaban J connectivity index is 1.10. The van der Waals surface area contributed by atoms with Gasteiger partial charge in [0.2, 0.25) is 0 Å². The number of benzene rings is 10. The quantitative estimate of drug-likeness (QED) is 0.168. The highest BCUT2D eigenvalue weighted by atomic mass is 15.1. The van der Waals surface area contributed by atoms with E-state index in [0.29, 0.717) is 0 Å². The van der Waals surface area contributed by atoms with Crippen molar-refractivity contribution in [2.75, 3.05) is 4.90 Å². The Morgan fingerprint density at radius 2 is 0.844 bits per heavy atom. The summed E-state index contributed by atoms with van der Waals surface area (Å²) in [6.45, 7) is 0. The fourth-order valence-corrected chi connectivity index (χ4v) is 12.4. The van der Waals surface area contributed by atoms with Crippen LogP contribution in [0.2, 0.25) is 0 Å². The average molecular weight is 813 g/mol. The maximum absolute atomic E-state index is 2.55. The average Bonchev–Trinajstić information content (AvgIpc) is 3.98. The number of fused-ring (bicyclic) bond motifs is 15. The van der Waals surface area contributed by atoms with Gasteiger partial charge < -0.3 is 9.47 Å². The lowest BCUT2D eigenvalue weighted by atomic mass is 9.65. The Morgan fingerprint density at radius 1 is 0.328 bits per heavy atom. The number of para-hydroxylation sites is 3. The molecule has 64 heavy (non-hydrogen) atoms. The molecule has 11 aromatic rings. The first kappa shape index (κ1) is 35.4. The Labute approximate surface area is 372 Å². The zero-order valence-electron chi connectivity index (χ0n) is 35.0. The first-order chi connectivity index (χ1) is 31.8. The van der Waals surface area contributed by atoms with Crippen molar-refractivity contribution in [3.63, 3.8) is 0 Å². The normalized spacial score (nSPS) is 14.2. The lowest BCUT2D eigenvalue weighted by Crippen LogP contribution is -2.33. The van der Waals surface area contributed by atoms with Gasteiger partial charge in [0.25, 0.3) is 0 Å². The van der Waals surface area contributed by atoms with Gasteiger partial charge in [-0.2, -0.15) is 0 Å². The van der Waals surface area contributed by atoms with E-state index in [-0.39, 0.29) is 0 Å². The molecule has 10 aromatic carbocycles. The van der Waals surface area contributed by atoms with Crippen molar-refractivity contribution in [1.29, 1.82) is 0 Å². The largest absolute Gasteiger partial charge is 0.310 e. The SMILES string of the molecule is c1ccc(N(c2ccc3c(c2)C2(c4ccccc4-c4ccccc42)c2cccc4c5ccccc5n-3c24)c2cccc3c2-c2ccccc2C3(c2ccccc2)c2ccccc2)cc1. The summed E-state index contributed by atoms with van der Waals surface area (Å²) in [5.74, 6) is 0. The molecule has 0 bridgehead atoms. The molecule has 0 unspecified atom stereocenters. The van der Waals surface area contributed by atoms with E-state index in [0.717, 1.165) is 17.1 Å². The molecule has 2 aliphatic carbocycles. The summed E-state index contributed by atoms with van der Waals surface area (Å²) in [7, 11) is 0. The molecule has 3 aliphatic rings. The lowest BCUT2D eigenvalue weighted by molar-refractivity contribution is 0.748. The van der Waals surface area contributed by atoms with E-state index in [9.17, 15) is 0 Å². The van der Waals surface area contributed by atoms with Crippen LogP contribution in [0.1, 0.15) is 44.5 Å². The Morgan fingerprint density at radius 3 is 1.53 bits per heavy atom. The van der Waals surface area contributed by atoms with Gasteiger partial charge in [-0.3, -0.25) is 0 Å². The second-order valence-corrected chi connectivity index (χ2v) is 17.5. The van der Waals surface area contributed by atoms with Crippen LogP contribution in [0.25, 0.3) is 49.7 Å². The van der Waals surface area contributed by atoms with Gasteiger partial charge in [0.05, 0.1) is 33.2 Å². The Bertz CT molecular complexity index is 3590. The minimum Gasteiger partial charge on any atom is -0.310 e. The molecule has 0 saturated heterocycles. The summed E-state index contributed by atoms with van der Waals surface area (Å²) in [6, 6.07) is 90.7. The Hall–Kier alpha value is -8.20. The van der Waals surface area contributed by atoms with E-state index in [2.05, 4.69) is 252 Å². The molecule has 1 aromatic heterocycles. The Kier molecular flexibility index (Phi) is 7.28. The third-order valence-electron chi connectivity index (χ3n) is 14.7. The van der Waals surface area contributed by atoms with Crippen LogP contribution in [0.3, 0.4) is 0 Å². The highest BCUT2D eigenvalue weighted by Gasteiger charge is 2.52. The topological polar surface area (TPSA) is 8.17 Å². The van der Waals surface area contributed by atoms with Gasteiger partial charge in [-0.05, 0) is 104 Å². The van der Waals surface area contributed by atoms with E-state index in [1.807, 2.05) is 0 Å². The fraction of sp³-hybridized carbons (Fsp3) is 0.0323. The van der Waals surface area contributed by atoms with Crippen molar-refractivity contribution in [2.24, 2.45) is 0 Å². The van der Waals surface area contributed by atoms with E-state index >= 15 is 0 Å². The molecule has 2 heterocycles. The van der Waals surface area contributed by atoms with Gasteiger partial charge in [-0.15, -0.1) is 0 Å². The first-order valence-electron chi connectivity index (χ1n) is 22.4. The van der Waals surface area contributed by atoms with Crippen LogP contribution in [0, 0.1) is 0 Å². The van der Waals surface area contributed by atoms with Crippen LogP contribution >= 0.6 is 0 Å². The predicted molar refractivity (Wildman–Crippen MR) is 264 cm³/mol. The van der Waals surface area contributed by atoms with E-state index < -0.39 is 10.8 Å². The van der Waals surface area contributed by atoms with Crippen LogP contribution in [-0.4, -0.2) is 4.57 Å². The van der Waals surface area contributed by atoms with Gasteiger partial charge in [-0.1, -0.05) is 200 Å². The zero-order chi connectivity index (χ0) is 42.0. The lowest BCUT2D eigenvalue weighted by Gasteiger charge is -2.40. The second kappa shape index (κ2) is 13.2. The van der Waals surface area contributed by atoms with E-state index in [1.54, 1.807) is 0 Å². The third-order valence-corrected chi connectivity index (χ3v) is 14.7. The minimum absolute atomic E-state index is 0.519. The number of anilines is 3. The van der Waals surface area contributed by atoms with E-state index in [4.69, 9.17) is 0 Å². The van der Waals surface area contributed by atoms with Crippen molar-refractivity contribution in [3.05, 3.63) is 287 Å². The van der Waals surface area contributed by atoms with Gasteiger partial charge in [0, 0.05) is 27.7 Å². The monoisotopic (exact) mass is 812 g/mol. The standard InChI is InChI=1S/C62H40N2/c1-4-20-41(21-5-1)61(42-22-6-2-7-23-42)52-33-16-12-29-49(52)59-53(61)34-19-37-58(59)63(43-24-8-3-9-25-43)44-38-39-57-55(40-44)62(50-31-14-10-26-45(50)46-27-11-15-32-51(46)62)54-35-18-30-48-47-28-13-17-36-56(47)64(57)60(48)54/h1-40H. The number of hydrogen-bond acceptors (Lipinski definition) is 1. The molecule has 14 rings (SSSR count). The van der Waals surface area contributed by atoms with Gasteiger partial charge in [0.1, 0.15) is 0 Å². The molecule has 2 nitrogen and oxygen atoms in total. The number of rotatable bonds is 5. The van der Waals surface area contributed by atoms with Crippen molar-refractivity contribution in [2.45, 2.75) is 10.8 Å². The molecule has 0 atom stereocenters. The summed E-state index contributed by atoms with van der Waals surface area (Å²) in [5, 5.41) is 2.56. The predicted octanol–water partition coefficient (Wildman–Crippen LogP) is 15.3. The smallest absolute Gasteiger partial charge is 0.0755 e.